The van der Waals surface area contributed by atoms with Crippen molar-refractivity contribution in [2.45, 2.75) is 194 Å². The fourth-order valence-corrected chi connectivity index (χ4v) is 11.3. The standard InChI is InChI=1S/C64H103N11O14/c1-14-41(8)55(49(87-12)36-51(77)75-34-22-26-48(75)56(88-13)42(9)57(78)70-47(62(83)84)35-43-23-17-15-18-24-43)73(10)61(82)53(39(4)5)72-60(81)54(40(6)7)74(11)64(86)89-37-44-28-30-45(31-29-44)68-58(79)46(25-21-33-67-63(66)85)69-59(80)52(38(2)3)71-50(76)27-19-16-20-32-65/h15,17-18,23-24,28-31,38-42,46-49,52-56H,14,16,19-22,25-27,32-37,65H2,1-13H3,(H,68,79)(H,69,80)(H,70,78)(H,71,76)(H,72,81)(H,83,84)(H3,66,67,85)/t41-,42+,46?,47-,48-,49+,52-,53-,54-,55-,56+/m0/s1. The molecule has 0 spiro atoms. The van der Waals surface area contributed by atoms with E-state index in [9.17, 15) is 53.1 Å². The van der Waals surface area contributed by atoms with E-state index in [1.807, 2.05) is 19.9 Å². The molecule has 11 atom stereocenters. The van der Waals surface area contributed by atoms with E-state index in [2.05, 4.69) is 31.9 Å². The van der Waals surface area contributed by atoms with Crippen molar-refractivity contribution in [1.82, 2.24) is 41.3 Å². The second-order valence-corrected chi connectivity index (χ2v) is 24.3. The molecule has 0 radical (unpaired) electrons. The number of carbonyl (C=O) groups is 10. The lowest BCUT2D eigenvalue weighted by Gasteiger charge is -2.41. The monoisotopic (exact) mass is 1250 g/mol. The highest BCUT2D eigenvalue weighted by Gasteiger charge is 2.44. The van der Waals surface area contributed by atoms with Crippen molar-refractivity contribution in [2.24, 2.45) is 41.1 Å². The van der Waals surface area contributed by atoms with Gasteiger partial charge < -0.3 is 72.5 Å². The maximum Gasteiger partial charge on any atom is 0.410 e. The molecule has 0 saturated carbocycles. The van der Waals surface area contributed by atoms with Crippen molar-refractivity contribution < 1.29 is 67.3 Å². The minimum Gasteiger partial charge on any atom is -0.480 e. The number of carbonyl (C=O) groups excluding carboxylic acids is 9. The Labute approximate surface area is 525 Å². The Bertz CT molecular complexity index is 2610. The van der Waals surface area contributed by atoms with E-state index < -0.39 is 120 Å². The highest BCUT2D eigenvalue weighted by atomic mass is 16.6. The molecular weight excluding hydrogens is 1150 g/mol. The first kappa shape index (κ1) is 75.9. The topological polar surface area (TPSA) is 353 Å². The van der Waals surface area contributed by atoms with Gasteiger partial charge in [0.05, 0.1) is 36.6 Å². The molecule has 0 bridgehead atoms. The zero-order chi connectivity index (χ0) is 66.7. The van der Waals surface area contributed by atoms with Crippen LogP contribution in [0.25, 0.3) is 0 Å². The van der Waals surface area contributed by atoms with Gasteiger partial charge in [-0.05, 0) is 92.0 Å². The summed E-state index contributed by atoms with van der Waals surface area (Å²) < 4.78 is 17.7. The van der Waals surface area contributed by atoms with Crippen molar-refractivity contribution in [2.75, 3.05) is 53.3 Å². The van der Waals surface area contributed by atoms with Gasteiger partial charge in [0.1, 0.15) is 36.8 Å². The number of primary amides is 1. The number of hydrogen-bond acceptors (Lipinski definition) is 14. The fourth-order valence-electron chi connectivity index (χ4n) is 11.3. The van der Waals surface area contributed by atoms with Gasteiger partial charge in [0.2, 0.25) is 41.4 Å². The Kier molecular flexibility index (Phi) is 32.6. The number of ether oxygens (including phenoxy) is 3. The lowest BCUT2D eigenvalue weighted by Crippen LogP contribution is -2.60. The van der Waals surface area contributed by atoms with Gasteiger partial charge in [-0.1, -0.05) is 118 Å². The third kappa shape index (κ3) is 23.8. The summed E-state index contributed by atoms with van der Waals surface area (Å²) in [7, 11) is 5.99. The maximum atomic E-state index is 14.8. The van der Waals surface area contributed by atoms with Gasteiger partial charge in [0.15, 0.2) is 0 Å². The first-order valence-electron chi connectivity index (χ1n) is 31.2. The summed E-state index contributed by atoms with van der Waals surface area (Å²) in [5.41, 5.74) is 12.4. The van der Waals surface area contributed by atoms with Crippen LogP contribution in [-0.4, -0.2) is 182 Å². The molecule has 25 nitrogen and oxygen atoms in total. The van der Waals surface area contributed by atoms with Crippen LogP contribution in [0.5, 0.6) is 0 Å². The van der Waals surface area contributed by atoms with Crippen LogP contribution in [0.15, 0.2) is 54.6 Å². The Morgan fingerprint density at radius 2 is 1.35 bits per heavy atom. The van der Waals surface area contributed by atoms with Crippen LogP contribution in [0.1, 0.15) is 138 Å². The Morgan fingerprint density at radius 1 is 0.708 bits per heavy atom. The summed E-state index contributed by atoms with van der Waals surface area (Å²) in [6, 6.07) is 8.18. The number of nitrogens with one attached hydrogen (secondary N) is 6. The smallest absolute Gasteiger partial charge is 0.410 e. The van der Waals surface area contributed by atoms with Crippen molar-refractivity contribution in [1.29, 1.82) is 0 Å². The molecule has 2 aromatic rings. The van der Waals surface area contributed by atoms with Gasteiger partial charge in [-0.3, -0.25) is 38.5 Å². The molecule has 1 heterocycles. The number of nitrogens with two attached hydrogens (primary N) is 2. The minimum atomic E-state index is -1.19. The zero-order valence-corrected chi connectivity index (χ0v) is 54.6. The number of likely N-dealkylation sites (tertiary alicyclic amines) is 1. The lowest BCUT2D eigenvalue weighted by molar-refractivity contribution is -0.148. The second-order valence-electron chi connectivity index (χ2n) is 24.3. The van der Waals surface area contributed by atoms with E-state index >= 15 is 0 Å². The van der Waals surface area contributed by atoms with Crippen LogP contribution in [0.4, 0.5) is 15.3 Å². The van der Waals surface area contributed by atoms with Gasteiger partial charge in [-0.15, -0.1) is 0 Å². The first-order chi connectivity index (χ1) is 42.1. The lowest BCUT2D eigenvalue weighted by atomic mass is 9.89. The molecule has 89 heavy (non-hydrogen) atoms. The van der Waals surface area contributed by atoms with E-state index in [1.54, 1.807) is 109 Å². The zero-order valence-electron chi connectivity index (χ0n) is 54.6. The molecule has 1 unspecified atom stereocenters. The largest absolute Gasteiger partial charge is 0.480 e. The predicted molar refractivity (Wildman–Crippen MR) is 337 cm³/mol. The number of nitrogens with zero attached hydrogens (tertiary/aromatic N) is 3. The van der Waals surface area contributed by atoms with Crippen LogP contribution >= 0.6 is 0 Å². The van der Waals surface area contributed by atoms with Gasteiger partial charge in [0.25, 0.3) is 0 Å². The normalized spacial score (nSPS) is 16.5. The van der Waals surface area contributed by atoms with Crippen molar-refractivity contribution in [3.63, 3.8) is 0 Å². The van der Waals surface area contributed by atoms with Crippen molar-refractivity contribution in [3.05, 3.63) is 65.7 Å². The maximum absolute atomic E-state index is 14.8. The van der Waals surface area contributed by atoms with E-state index in [4.69, 9.17) is 25.7 Å². The summed E-state index contributed by atoms with van der Waals surface area (Å²) in [4.78, 5) is 139. The number of carboxylic acid groups (broad SMARTS) is 1. The number of likely N-dealkylation sites (N-methyl/N-ethyl adjacent to an activating group) is 2. The van der Waals surface area contributed by atoms with Crippen molar-refractivity contribution >= 4 is 65.1 Å². The second kappa shape index (κ2) is 38.2. The quantitative estimate of drug-likeness (QED) is 0.0412. The number of benzene rings is 2. The number of rotatable bonds is 38. The Balaban J connectivity index is 1.71. The third-order valence-electron chi connectivity index (χ3n) is 16.6. The molecule has 0 aliphatic carbocycles. The molecular formula is C64H103N11O14. The molecule has 2 aromatic carbocycles. The number of anilines is 1. The highest BCUT2D eigenvalue weighted by Crippen LogP contribution is 2.30. The number of carboxylic acids is 1. The molecule has 1 fully saturated rings. The fraction of sp³-hybridized carbons (Fsp3) is 0.656. The molecule has 0 aromatic heterocycles. The van der Waals surface area contributed by atoms with Gasteiger partial charge in [-0.25, -0.2) is 14.4 Å². The number of aliphatic carboxylic acids is 1. The molecule has 1 aliphatic heterocycles. The van der Waals surface area contributed by atoms with Crippen LogP contribution in [0, 0.1) is 29.6 Å². The predicted octanol–water partition coefficient (Wildman–Crippen LogP) is 4.68. The third-order valence-corrected chi connectivity index (χ3v) is 16.6. The number of amides is 10. The summed E-state index contributed by atoms with van der Waals surface area (Å²) in [6.07, 6.45) is 2.12. The highest BCUT2D eigenvalue weighted by molar-refractivity contribution is 5.98. The van der Waals surface area contributed by atoms with Gasteiger partial charge in [0, 0.05) is 59.9 Å². The van der Waals surface area contributed by atoms with Crippen LogP contribution in [0.2, 0.25) is 0 Å². The van der Waals surface area contributed by atoms with E-state index in [1.165, 1.54) is 31.1 Å². The average Bonchev–Trinajstić information content (AvgIpc) is 2.09. The van der Waals surface area contributed by atoms with E-state index in [0.29, 0.717) is 50.0 Å². The number of hydrogen-bond donors (Lipinski definition) is 9. The molecule has 3 rings (SSSR count). The van der Waals surface area contributed by atoms with Gasteiger partial charge >= 0.3 is 18.1 Å². The van der Waals surface area contributed by atoms with Crippen molar-refractivity contribution in [3.8, 4) is 0 Å². The minimum absolute atomic E-state index is 0.0809. The summed E-state index contributed by atoms with van der Waals surface area (Å²) in [6.45, 7) is 17.1. The summed E-state index contributed by atoms with van der Waals surface area (Å²) in [5, 5.41) is 26.4. The van der Waals surface area contributed by atoms with Crippen LogP contribution in [0.3, 0.4) is 0 Å². The van der Waals surface area contributed by atoms with E-state index in [0.717, 1.165) is 18.4 Å². The van der Waals surface area contributed by atoms with Crippen LogP contribution in [-0.2, 0) is 65.6 Å². The molecule has 1 saturated heterocycles. The number of methoxy groups -OCH3 is 2. The molecule has 498 valence electrons. The molecule has 1 aliphatic rings. The first-order valence-corrected chi connectivity index (χ1v) is 31.2. The van der Waals surface area contributed by atoms with E-state index in [-0.39, 0.29) is 68.9 Å². The SMILES string of the molecule is CC[C@H](C)[C@@H]([C@@H](CC(=O)N1CCC[C@H]1[C@H](OC)[C@@H](C)C(=O)N[C@@H](Cc1ccccc1)C(=O)O)OC)N(C)C(=O)[C@@H](NC(=O)[C@H](C(C)C)N(C)C(=O)OCc1ccc(NC(=O)C(CCCNC(N)=O)NC(=O)[C@@H](NC(=O)CCCCCN)C(C)C)cc1)C(C)C. The summed E-state index contributed by atoms with van der Waals surface area (Å²) in [5.74, 6) is -6.62. The summed E-state index contributed by atoms with van der Waals surface area (Å²) >= 11 is 0. The Morgan fingerprint density at radius 3 is 1.91 bits per heavy atom. The molecule has 11 N–H and O–H groups in total. The average molecular weight is 1250 g/mol. The molecule has 25 heteroatoms. The number of unbranched alkanes of at least 4 members (excludes halogenated alkanes) is 2. The number of urea groups is 1. The Hall–Kier alpha value is -7.38. The van der Waals surface area contributed by atoms with Crippen LogP contribution < -0.4 is 43.4 Å². The van der Waals surface area contributed by atoms with Gasteiger partial charge in [-0.2, -0.15) is 0 Å². The molecule has 10 amide bonds.